The van der Waals surface area contributed by atoms with Crippen LogP contribution in [0.1, 0.15) is 11.1 Å². The van der Waals surface area contributed by atoms with Gasteiger partial charge in [0.15, 0.2) is 0 Å². The van der Waals surface area contributed by atoms with Gasteiger partial charge in [-0.3, -0.25) is 4.99 Å². The standard InChI is InChI=1S/C9H8N/c1-2-4-9-7-10-6-5-8(9)3-1/h1-2,4,7H,5-6H2. The zero-order valence-corrected chi connectivity index (χ0v) is 5.67. The zero-order chi connectivity index (χ0) is 6.81. The summed E-state index contributed by atoms with van der Waals surface area (Å²) in [6, 6.07) is 9.23. The summed E-state index contributed by atoms with van der Waals surface area (Å²) in [5, 5.41) is 0. The summed E-state index contributed by atoms with van der Waals surface area (Å²) in [4.78, 5) is 4.17. The van der Waals surface area contributed by atoms with E-state index < -0.39 is 0 Å². The first-order valence-electron chi connectivity index (χ1n) is 3.46. The van der Waals surface area contributed by atoms with E-state index in [1.54, 1.807) is 0 Å². The highest BCUT2D eigenvalue weighted by Crippen LogP contribution is 2.09. The lowest BCUT2D eigenvalue weighted by atomic mass is 10.0. The van der Waals surface area contributed by atoms with Crippen molar-refractivity contribution in [1.29, 1.82) is 0 Å². The van der Waals surface area contributed by atoms with Crippen molar-refractivity contribution in [2.45, 2.75) is 6.42 Å². The Kier molecular flexibility index (Phi) is 1.28. The van der Waals surface area contributed by atoms with Crippen molar-refractivity contribution in [1.82, 2.24) is 0 Å². The number of nitrogens with zero attached hydrogens (tertiary/aromatic N) is 1. The van der Waals surface area contributed by atoms with E-state index in [0.717, 1.165) is 13.0 Å². The molecule has 1 radical (unpaired) electrons. The van der Waals surface area contributed by atoms with Crippen LogP contribution >= 0.6 is 0 Å². The first kappa shape index (κ1) is 5.66. The SMILES string of the molecule is [c]1cccc2c1CCN=C2. The van der Waals surface area contributed by atoms with Gasteiger partial charge in [0, 0.05) is 12.8 Å². The Hall–Kier alpha value is -1.11. The molecule has 0 unspecified atom stereocenters. The highest BCUT2D eigenvalue weighted by Gasteiger charge is 2.01. The Balaban J connectivity index is 2.54. The highest BCUT2D eigenvalue weighted by atomic mass is 14.7. The van der Waals surface area contributed by atoms with Crippen LogP contribution in [0.4, 0.5) is 0 Å². The van der Waals surface area contributed by atoms with Gasteiger partial charge in [0.05, 0.1) is 0 Å². The third-order valence-corrected chi connectivity index (χ3v) is 1.70. The topological polar surface area (TPSA) is 12.4 Å². The Labute approximate surface area is 60.4 Å². The molecule has 1 nitrogen and oxygen atoms in total. The monoisotopic (exact) mass is 130 g/mol. The van der Waals surface area contributed by atoms with Crippen LogP contribution in [-0.2, 0) is 6.42 Å². The molecule has 1 aliphatic rings. The largest absolute Gasteiger partial charge is 0.292 e. The Morgan fingerprint density at radius 2 is 2.50 bits per heavy atom. The van der Waals surface area contributed by atoms with E-state index in [9.17, 15) is 0 Å². The van der Waals surface area contributed by atoms with Gasteiger partial charge in [0.25, 0.3) is 0 Å². The van der Waals surface area contributed by atoms with Crippen LogP contribution in [0.3, 0.4) is 0 Å². The molecule has 0 atom stereocenters. The Bertz CT molecular complexity index is 263. The fraction of sp³-hybridized carbons (Fsp3) is 0.222. The van der Waals surface area contributed by atoms with Crippen molar-refractivity contribution in [3.63, 3.8) is 0 Å². The molecular weight excluding hydrogens is 122 g/mol. The predicted octanol–water partition coefficient (Wildman–Crippen LogP) is 1.46. The lowest BCUT2D eigenvalue weighted by Crippen LogP contribution is -2.01. The molecule has 1 aliphatic heterocycles. The maximum Gasteiger partial charge on any atom is 0.0430 e. The number of benzene rings is 1. The van der Waals surface area contributed by atoms with E-state index in [1.807, 2.05) is 18.3 Å². The van der Waals surface area contributed by atoms with Crippen LogP contribution in [0.25, 0.3) is 0 Å². The number of aliphatic imine (C=N–C) groups is 1. The molecule has 0 saturated carbocycles. The van der Waals surface area contributed by atoms with Crippen molar-refractivity contribution in [2.75, 3.05) is 6.54 Å². The van der Waals surface area contributed by atoms with E-state index >= 15 is 0 Å². The summed E-state index contributed by atoms with van der Waals surface area (Å²) in [6.07, 6.45) is 2.97. The van der Waals surface area contributed by atoms with Gasteiger partial charge >= 0.3 is 0 Å². The smallest absolute Gasteiger partial charge is 0.0430 e. The maximum absolute atomic E-state index is 4.17. The van der Waals surface area contributed by atoms with Crippen molar-refractivity contribution in [2.24, 2.45) is 4.99 Å². The summed E-state index contributed by atoms with van der Waals surface area (Å²) in [5.74, 6) is 0. The second-order valence-electron chi connectivity index (χ2n) is 2.39. The van der Waals surface area contributed by atoms with Crippen LogP contribution in [0.15, 0.2) is 23.2 Å². The molecule has 0 aliphatic carbocycles. The van der Waals surface area contributed by atoms with Gasteiger partial charge in [-0.2, -0.15) is 0 Å². The molecule has 1 aromatic carbocycles. The number of hydrogen-bond acceptors (Lipinski definition) is 1. The van der Waals surface area contributed by atoms with Gasteiger partial charge in [-0.15, -0.1) is 0 Å². The second-order valence-corrected chi connectivity index (χ2v) is 2.39. The predicted molar refractivity (Wildman–Crippen MR) is 41.4 cm³/mol. The van der Waals surface area contributed by atoms with Gasteiger partial charge in [0.1, 0.15) is 0 Å². The molecule has 0 N–H and O–H groups in total. The van der Waals surface area contributed by atoms with Crippen molar-refractivity contribution >= 4 is 6.21 Å². The molecule has 0 spiro atoms. The molecule has 0 amide bonds. The average Bonchev–Trinajstić information content (AvgIpc) is 2.05. The first-order valence-corrected chi connectivity index (χ1v) is 3.46. The second kappa shape index (κ2) is 2.25. The van der Waals surface area contributed by atoms with Crippen LogP contribution in [-0.4, -0.2) is 12.8 Å². The van der Waals surface area contributed by atoms with Crippen molar-refractivity contribution in [3.8, 4) is 0 Å². The van der Waals surface area contributed by atoms with E-state index in [1.165, 1.54) is 11.1 Å². The highest BCUT2D eigenvalue weighted by molar-refractivity contribution is 5.82. The minimum atomic E-state index is 0.924. The van der Waals surface area contributed by atoms with Crippen LogP contribution in [0.2, 0.25) is 0 Å². The maximum atomic E-state index is 4.17. The number of rotatable bonds is 0. The third-order valence-electron chi connectivity index (χ3n) is 1.70. The molecule has 0 fully saturated rings. The molecule has 2 rings (SSSR count). The van der Waals surface area contributed by atoms with Crippen LogP contribution < -0.4 is 0 Å². The van der Waals surface area contributed by atoms with Crippen LogP contribution in [0, 0.1) is 6.07 Å². The summed E-state index contributed by atoms with van der Waals surface area (Å²) < 4.78 is 0. The van der Waals surface area contributed by atoms with Gasteiger partial charge in [0.2, 0.25) is 0 Å². The average molecular weight is 130 g/mol. The normalized spacial score (nSPS) is 14.8. The van der Waals surface area contributed by atoms with Crippen LogP contribution in [0.5, 0.6) is 0 Å². The lowest BCUT2D eigenvalue weighted by Gasteiger charge is -2.06. The summed E-state index contributed by atoms with van der Waals surface area (Å²) >= 11 is 0. The molecule has 0 saturated heterocycles. The molecule has 10 heavy (non-hydrogen) atoms. The van der Waals surface area contributed by atoms with E-state index in [4.69, 9.17) is 0 Å². The Morgan fingerprint density at radius 1 is 1.50 bits per heavy atom. The molecule has 1 heteroatoms. The minimum Gasteiger partial charge on any atom is -0.292 e. The Morgan fingerprint density at radius 3 is 3.40 bits per heavy atom. The fourth-order valence-electron chi connectivity index (χ4n) is 1.16. The van der Waals surface area contributed by atoms with Gasteiger partial charge in [-0.25, -0.2) is 0 Å². The quantitative estimate of drug-likeness (QED) is 0.504. The van der Waals surface area contributed by atoms with E-state index in [2.05, 4.69) is 17.1 Å². The molecular formula is C9H8N. The summed E-state index contributed by atoms with van der Waals surface area (Å²) in [5.41, 5.74) is 2.53. The molecule has 0 bridgehead atoms. The molecule has 0 aromatic heterocycles. The fourth-order valence-corrected chi connectivity index (χ4v) is 1.16. The summed E-state index contributed by atoms with van der Waals surface area (Å²) in [6.45, 7) is 0.924. The third kappa shape index (κ3) is 0.838. The van der Waals surface area contributed by atoms with Gasteiger partial charge in [-0.1, -0.05) is 18.2 Å². The lowest BCUT2D eigenvalue weighted by molar-refractivity contribution is 0.950. The van der Waals surface area contributed by atoms with Gasteiger partial charge in [-0.05, 0) is 23.6 Å². The molecule has 49 valence electrons. The minimum absolute atomic E-state index is 0.924. The first-order chi connectivity index (χ1) is 4.97. The van der Waals surface area contributed by atoms with E-state index in [-0.39, 0.29) is 0 Å². The van der Waals surface area contributed by atoms with Gasteiger partial charge < -0.3 is 0 Å². The van der Waals surface area contributed by atoms with Crippen molar-refractivity contribution in [3.05, 3.63) is 35.4 Å². The van der Waals surface area contributed by atoms with E-state index in [0.29, 0.717) is 0 Å². The molecule has 1 aromatic rings. The number of fused-ring (bicyclic) bond motifs is 1. The summed E-state index contributed by atoms with van der Waals surface area (Å²) in [7, 11) is 0. The number of hydrogen-bond donors (Lipinski definition) is 0. The molecule has 1 heterocycles. The zero-order valence-electron chi connectivity index (χ0n) is 5.67. The van der Waals surface area contributed by atoms with Crippen molar-refractivity contribution < 1.29 is 0 Å².